The summed E-state index contributed by atoms with van der Waals surface area (Å²) in [5, 5.41) is 15.4. The maximum Gasteiger partial charge on any atom is 0.303 e. The van der Waals surface area contributed by atoms with Crippen LogP contribution in [0.2, 0.25) is 0 Å². The number of carboxylic acids is 1. The second-order valence-corrected chi connectivity index (χ2v) is 3.48. The first-order valence-electron chi connectivity index (χ1n) is 4.51. The maximum absolute atomic E-state index is 10.4. The van der Waals surface area contributed by atoms with Gasteiger partial charge in [-0.05, 0) is 24.8 Å². The van der Waals surface area contributed by atoms with Crippen molar-refractivity contribution in [2.45, 2.75) is 31.6 Å². The fraction of sp³-hybridized carbons (Fsp3) is 0.556. The zero-order valence-electron chi connectivity index (χ0n) is 7.29. The molecule has 70 valence electrons. The molecule has 0 atom stereocenters. The van der Waals surface area contributed by atoms with Gasteiger partial charge in [-0.1, -0.05) is 0 Å². The molecule has 0 spiro atoms. The summed E-state index contributed by atoms with van der Waals surface area (Å²) < 4.78 is 0. The number of hydrogen-bond acceptors (Lipinski definition) is 2. The molecule has 0 aliphatic heterocycles. The predicted molar refractivity (Wildman–Crippen MR) is 46.5 cm³/mol. The summed E-state index contributed by atoms with van der Waals surface area (Å²) in [4.78, 5) is 10.4. The van der Waals surface area contributed by atoms with Crippen LogP contribution in [-0.2, 0) is 11.2 Å². The first kappa shape index (κ1) is 8.29. The third kappa shape index (κ3) is 1.88. The Morgan fingerprint density at radius 1 is 1.69 bits per heavy atom. The van der Waals surface area contributed by atoms with Crippen molar-refractivity contribution in [2.24, 2.45) is 0 Å². The van der Waals surface area contributed by atoms with Gasteiger partial charge in [0.1, 0.15) is 0 Å². The molecule has 1 aliphatic rings. The Kier molecular flexibility index (Phi) is 2.04. The van der Waals surface area contributed by atoms with Crippen molar-refractivity contribution < 1.29 is 9.90 Å². The zero-order chi connectivity index (χ0) is 9.26. The molecule has 0 amide bonds. The molecule has 0 bridgehead atoms. The van der Waals surface area contributed by atoms with Crippen LogP contribution in [0, 0.1) is 0 Å². The number of aromatic amines is 1. The van der Waals surface area contributed by atoms with Crippen molar-refractivity contribution in [3.63, 3.8) is 0 Å². The van der Waals surface area contributed by atoms with Gasteiger partial charge in [-0.3, -0.25) is 9.89 Å². The van der Waals surface area contributed by atoms with Crippen LogP contribution in [0.1, 0.15) is 36.4 Å². The zero-order valence-corrected chi connectivity index (χ0v) is 7.29. The lowest BCUT2D eigenvalue weighted by Gasteiger charge is -1.97. The van der Waals surface area contributed by atoms with E-state index in [0.29, 0.717) is 12.3 Å². The molecule has 1 saturated carbocycles. The molecule has 1 aromatic heterocycles. The highest BCUT2D eigenvalue weighted by Gasteiger charge is 2.27. The van der Waals surface area contributed by atoms with Gasteiger partial charge in [-0.2, -0.15) is 5.10 Å². The molecule has 1 aliphatic carbocycles. The monoisotopic (exact) mass is 180 g/mol. The number of nitrogens with one attached hydrogen (secondary N) is 1. The second-order valence-electron chi connectivity index (χ2n) is 3.48. The van der Waals surface area contributed by atoms with Gasteiger partial charge in [-0.15, -0.1) is 0 Å². The Balaban J connectivity index is 2.02. The number of hydrogen-bond donors (Lipinski definition) is 2. The Labute approximate surface area is 76.0 Å². The molecule has 13 heavy (non-hydrogen) atoms. The second kappa shape index (κ2) is 3.20. The molecule has 4 nitrogen and oxygen atoms in total. The Hall–Kier alpha value is -1.32. The summed E-state index contributed by atoms with van der Waals surface area (Å²) in [7, 11) is 0. The van der Waals surface area contributed by atoms with Gasteiger partial charge in [0.2, 0.25) is 0 Å². The van der Waals surface area contributed by atoms with Crippen LogP contribution >= 0.6 is 0 Å². The van der Waals surface area contributed by atoms with Gasteiger partial charge in [0.15, 0.2) is 0 Å². The van der Waals surface area contributed by atoms with Crippen molar-refractivity contribution >= 4 is 5.97 Å². The number of carbonyl (C=O) groups is 1. The summed E-state index contributed by atoms with van der Waals surface area (Å²) in [6, 6.07) is 0. The van der Waals surface area contributed by atoms with Crippen LogP contribution in [0.25, 0.3) is 0 Å². The van der Waals surface area contributed by atoms with E-state index in [0.717, 1.165) is 11.3 Å². The van der Waals surface area contributed by atoms with Crippen molar-refractivity contribution in [3.05, 3.63) is 17.5 Å². The highest BCUT2D eigenvalue weighted by Crippen LogP contribution is 2.40. The quantitative estimate of drug-likeness (QED) is 0.734. The van der Waals surface area contributed by atoms with E-state index >= 15 is 0 Å². The molecule has 0 aromatic carbocycles. The van der Waals surface area contributed by atoms with Crippen LogP contribution < -0.4 is 0 Å². The maximum atomic E-state index is 10.4. The molecule has 4 heteroatoms. The van der Waals surface area contributed by atoms with Crippen LogP contribution in [0.5, 0.6) is 0 Å². The largest absolute Gasteiger partial charge is 0.481 e. The van der Waals surface area contributed by atoms with Crippen LogP contribution in [0.4, 0.5) is 0 Å². The third-order valence-corrected chi connectivity index (χ3v) is 2.35. The van der Waals surface area contributed by atoms with Crippen LogP contribution in [-0.4, -0.2) is 21.3 Å². The molecule has 1 aromatic rings. The lowest BCUT2D eigenvalue weighted by molar-refractivity contribution is -0.136. The molecular formula is C9H12N2O2. The van der Waals surface area contributed by atoms with E-state index in [1.165, 1.54) is 12.8 Å². The van der Waals surface area contributed by atoms with Crippen LogP contribution in [0.3, 0.4) is 0 Å². The summed E-state index contributed by atoms with van der Waals surface area (Å²) in [6.45, 7) is 0. The van der Waals surface area contributed by atoms with E-state index in [1.54, 1.807) is 6.20 Å². The van der Waals surface area contributed by atoms with Gasteiger partial charge in [0.25, 0.3) is 0 Å². The number of aryl methyl sites for hydroxylation is 1. The minimum atomic E-state index is -0.747. The van der Waals surface area contributed by atoms with E-state index in [2.05, 4.69) is 10.2 Å². The lowest BCUT2D eigenvalue weighted by Crippen LogP contribution is -1.98. The third-order valence-electron chi connectivity index (χ3n) is 2.35. The fourth-order valence-corrected chi connectivity index (χ4v) is 1.49. The highest BCUT2D eigenvalue weighted by molar-refractivity contribution is 5.67. The Morgan fingerprint density at radius 3 is 3.08 bits per heavy atom. The first-order valence-corrected chi connectivity index (χ1v) is 4.51. The van der Waals surface area contributed by atoms with Gasteiger partial charge in [-0.25, -0.2) is 0 Å². The molecule has 0 unspecified atom stereocenters. The van der Waals surface area contributed by atoms with Gasteiger partial charge in [0, 0.05) is 18.0 Å². The fourth-order valence-electron chi connectivity index (χ4n) is 1.49. The predicted octanol–water partition coefficient (Wildman–Crippen LogP) is 1.30. The summed E-state index contributed by atoms with van der Waals surface area (Å²) in [6.07, 6.45) is 4.96. The average Bonchev–Trinajstić information content (AvgIpc) is 2.82. The number of aromatic nitrogens is 2. The van der Waals surface area contributed by atoms with E-state index in [4.69, 9.17) is 5.11 Å². The molecular weight excluding hydrogens is 168 g/mol. The van der Waals surface area contributed by atoms with Crippen molar-refractivity contribution in [2.75, 3.05) is 0 Å². The topological polar surface area (TPSA) is 66.0 Å². The normalized spacial score (nSPS) is 16.0. The minimum absolute atomic E-state index is 0.194. The van der Waals surface area contributed by atoms with Crippen LogP contribution in [0.15, 0.2) is 6.20 Å². The average molecular weight is 180 g/mol. The van der Waals surface area contributed by atoms with E-state index in [-0.39, 0.29) is 6.42 Å². The summed E-state index contributed by atoms with van der Waals surface area (Å²) in [5.74, 6) is -0.130. The summed E-state index contributed by atoms with van der Waals surface area (Å²) in [5.41, 5.74) is 2.23. The Morgan fingerprint density at radius 2 is 2.46 bits per heavy atom. The molecule has 2 rings (SSSR count). The van der Waals surface area contributed by atoms with Gasteiger partial charge >= 0.3 is 5.97 Å². The summed E-state index contributed by atoms with van der Waals surface area (Å²) >= 11 is 0. The SMILES string of the molecule is O=C(O)CCc1cn[nH]c1C1CC1. The van der Waals surface area contributed by atoms with E-state index in [1.807, 2.05) is 0 Å². The van der Waals surface area contributed by atoms with Crippen molar-refractivity contribution in [1.82, 2.24) is 10.2 Å². The van der Waals surface area contributed by atoms with Crippen molar-refractivity contribution in [3.8, 4) is 0 Å². The first-order chi connectivity index (χ1) is 6.27. The van der Waals surface area contributed by atoms with Gasteiger partial charge < -0.3 is 5.11 Å². The Bertz CT molecular complexity index is 315. The molecule has 1 fully saturated rings. The smallest absolute Gasteiger partial charge is 0.303 e. The molecule has 1 heterocycles. The lowest BCUT2D eigenvalue weighted by atomic mass is 10.1. The number of rotatable bonds is 4. The van der Waals surface area contributed by atoms with Gasteiger partial charge in [0.05, 0.1) is 6.20 Å². The number of aliphatic carboxylic acids is 1. The standard InChI is InChI=1S/C9H12N2O2/c12-8(13)4-3-7-5-10-11-9(7)6-1-2-6/h5-6H,1-4H2,(H,10,11)(H,12,13). The number of nitrogens with zero attached hydrogens (tertiary/aromatic N) is 1. The molecule has 2 N–H and O–H groups in total. The minimum Gasteiger partial charge on any atom is -0.481 e. The van der Waals surface area contributed by atoms with E-state index < -0.39 is 5.97 Å². The number of H-pyrrole nitrogens is 1. The molecule has 0 saturated heterocycles. The number of carboxylic acid groups (broad SMARTS) is 1. The molecule has 0 radical (unpaired) electrons. The highest BCUT2D eigenvalue weighted by atomic mass is 16.4. The van der Waals surface area contributed by atoms with Crippen molar-refractivity contribution in [1.29, 1.82) is 0 Å². The van der Waals surface area contributed by atoms with E-state index in [9.17, 15) is 4.79 Å².